The summed E-state index contributed by atoms with van der Waals surface area (Å²) in [6, 6.07) is 11.7. The molecule has 0 spiro atoms. The van der Waals surface area contributed by atoms with Crippen molar-refractivity contribution in [3.8, 4) is 11.5 Å². The molecule has 0 fully saturated rings. The van der Waals surface area contributed by atoms with E-state index in [1.807, 2.05) is 66.8 Å². The summed E-state index contributed by atoms with van der Waals surface area (Å²) in [5.41, 5.74) is 1.54. The average Bonchev–Trinajstić information content (AvgIpc) is 2.98. The van der Waals surface area contributed by atoms with Crippen LogP contribution >= 0.6 is 22.6 Å². The van der Waals surface area contributed by atoms with Crippen LogP contribution in [0.1, 0.15) is 42.6 Å². The highest BCUT2D eigenvalue weighted by Crippen LogP contribution is 2.37. The molecule has 0 saturated carbocycles. The topological polar surface area (TPSA) is 135 Å². The maximum atomic E-state index is 13.8. The van der Waals surface area contributed by atoms with Crippen LogP contribution in [0, 0.1) is 3.57 Å². The summed E-state index contributed by atoms with van der Waals surface area (Å²) in [6.45, 7) is 4.41. The second kappa shape index (κ2) is 16.6. The Labute approximate surface area is 260 Å². The monoisotopic (exact) mass is 694 g/mol. The van der Waals surface area contributed by atoms with Gasteiger partial charge in [0.25, 0.3) is 0 Å². The minimum Gasteiger partial charge on any atom is -0.493 e. The number of methoxy groups -OCH3 is 1. The molecule has 3 unspecified atom stereocenters. The lowest BCUT2D eigenvalue weighted by Crippen LogP contribution is -2.55. The Balaban J connectivity index is 1.98. The standard InChI is InChI=1S/C31H39IN2O8/c1-20(2)41-13-7-11-34(28(37)16-21-8-5-4-6-9-21)25-17-23(31(39)33-10-12-35)18-26(29(25)38)42-30-24(32)14-22(19-36)15-27(30)40-3/h4-6,8-9,14-15,18-20,25-26,29,35,38H,7,10-13,16-17H2,1-3H3,(H,33,39). The minimum absolute atomic E-state index is 0.0318. The molecule has 0 saturated heterocycles. The van der Waals surface area contributed by atoms with Gasteiger partial charge in [-0.15, -0.1) is 0 Å². The van der Waals surface area contributed by atoms with Crippen LogP contribution in [-0.2, 0) is 20.7 Å². The van der Waals surface area contributed by atoms with Crippen molar-refractivity contribution in [2.75, 3.05) is 33.4 Å². The average molecular weight is 695 g/mol. The number of nitrogens with one attached hydrogen (secondary N) is 1. The van der Waals surface area contributed by atoms with Gasteiger partial charge in [0.15, 0.2) is 11.5 Å². The van der Waals surface area contributed by atoms with E-state index < -0.39 is 24.2 Å². The van der Waals surface area contributed by atoms with Gasteiger partial charge in [0.05, 0.1) is 35.9 Å². The number of aliphatic hydroxyl groups excluding tert-OH is 2. The Hall–Kier alpha value is -3.00. The third kappa shape index (κ3) is 9.25. The zero-order chi connectivity index (χ0) is 30.6. The molecule has 42 heavy (non-hydrogen) atoms. The molecule has 0 radical (unpaired) electrons. The van der Waals surface area contributed by atoms with Crippen molar-refractivity contribution in [2.45, 2.75) is 57.5 Å². The normalized spacial score (nSPS) is 18.3. The SMILES string of the molecule is COc1cc(C=O)cc(I)c1OC1C=C(C(=O)NCCO)CC(N(CCCOC(C)C)C(=O)Cc2ccccc2)C1O. The summed E-state index contributed by atoms with van der Waals surface area (Å²) in [4.78, 5) is 39.8. The first-order chi connectivity index (χ1) is 20.2. The van der Waals surface area contributed by atoms with E-state index in [9.17, 15) is 24.6 Å². The van der Waals surface area contributed by atoms with Crippen molar-refractivity contribution in [3.63, 3.8) is 0 Å². The molecule has 11 heteroatoms. The van der Waals surface area contributed by atoms with Crippen molar-refractivity contribution in [1.82, 2.24) is 10.2 Å². The highest BCUT2D eigenvalue weighted by Gasteiger charge is 2.40. The summed E-state index contributed by atoms with van der Waals surface area (Å²) in [5.74, 6) is -0.0349. The lowest BCUT2D eigenvalue weighted by Gasteiger charge is -2.41. The van der Waals surface area contributed by atoms with E-state index in [-0.39, 0.29) is 38.0 Å². The number of nitrogens with zero attached hydrogens (tertiary/aromatic N) is 1. The number of amides is 2. The van der Waals surface area contributed by atoms with Crippen LogP contribution in [0.5, 0.6) is 11.5 Å². The first-order valence-electron chi connectivity index (χ1n) is 13.9. The zero-order valence-corrected chi connectivity index (χ0v) is 26.3. The third-order valence-electron chi connectivity index (χ3n) is 6.77. The van der Waals surface area contributed by atoms with Gasteiger partial charge in [-0.05, 0) is 66.6 Å². The molecule has 3 atom stereocenters. The van der Waals surface area contributed by atoms with E-state index >= 15 is 0 Å². The lowest BCUT2D eigenvalue weighted by atomic mass is 9.87. The van der Waals surface area contributed by atoms with Gasteiger partial charge < -0.3 is 34.6 Å². The molecule has 0 aliphatic heterocycles. The summed E-state index contributed by atoms with van der Waals surface area (Å²) < 4.78 is 18.0. The zero-order valence-electron chi connectivity index (χ0n) is 24.1. The van der Waals surface area contributed by atoms with Crippen LogP contribution in [0.15, 0.2) is 54.1 Å². The fraction of sp³-hybridized carbons (Fsp3) is 0.452. The van der Waals surface area contributed by atoms with E-state index in [0.29, 0.717) is 52.1 Å². The van der Waals surface area contributed by atoms with Crippen molar-refractivity contribution >= 4 is 40.7 Å². The van der Waals surface area contributed by atoms with E-state index in [0.717, 1.165) is 5.56 Å². The Bertz CT molecular complexity index is 1240. The Morgan fingerprint density at radius 2 is 1.95 bits per heavy atom. The maximum Gasteiger partial charge on any atom is 0.247 e. The highest BCUT2D eigenvalue weighted by molar-refractivity contribution is 14.1. The molecule has 3 rings (SSSR count). The first-order valence-corrected chi connectivity index (χ1v) is 15.0. The van der Waals surface area contributed by atoms with Gasteiger partial charge >= 0.3 is 0 Å². The fourth-order valence-corrected chi connectivity index (χ4v) is 5.49. The van der Waals surface area contributed by atoms with Gasteiger partial charge in [0.1, 0.15) is 18.5 Å². The van der Waals surface area contributed by atoms with Gasteiger partial charge in [-0.25, -0.2) is 0 Å². The second-order valence-electron chi connectivity index (χ2n) is 10.2. The summed E-state index contributed by atoms with van der Waals surface area (Å²) in [6.07, 6.45) is 0.781. The molecule has 2 amide bonds. The van der Waals surface area contributed by atoms with E-state index in [2.05, 4.69) is 5.32 Å². The van der Waals surface area contributed by atoms with Gasteiger partial charge in [-0.3, -0.25) is 14.4 Å². The molecule has 0 heterocycles. The van der Waals surface area contributed by atoms with Crippen molar-refractivity contribution in [1.29, 1.82) is 0 Å². The van der Waals surface area contributed by atoms with E-state index in [1.54, 1.807) is 17.0 Å². The number of benzene rings is 2. The molecule has 1 aliphatic rings. The van der Waals surface area contributed by atoms with Crippen LogP contribution in [0.2, 0.25) is 0 Å². The number of carbonyl (C=O) groups excluding carboxylic acids is 3. The van der Waals surface area contributed by atoms with Crippen molar-refractivity contribution < 1.29 is 38.8 Å². The molecule has 2 aromatic carbocycles. The van der Waals surface area contributed by atoms with Crippen LogP contribution in [-0.4, -0.2) is 91.0 Å². The molecule has 0 bridgehead atoms. The van der Waals surface area contributed by atoms with Crippen molar-refractivity contribution in [3.05, 3.63) is 68.8 Å². The number of carbonyl (C=O) groups is 3. The smallest absolute Gasteiger partial charge is 0.247 e. The van der Waals surface area contributed by atoms with E-state index in [4.69, 9.17) is 14.2 Å². The Kier molecular flexibility index (Phi) is 13.2. The van der Waals surface area contributed by atoms with Crippen LogP contribution < -0.4 is 14.8 Å². The maximum absolute atomic E-state index is 13.8. The van der Waals surface area contributed by atoms with Gasteiger partial charge in [0, 0.05) is 37.3 Å². The van der Waals surface area contributed by atoms with Crippen LogP contribution in [0.4, 0.5) is 0 Å². The quantitative estimate of drug-likeness (QED) is 0.147. The largest absolute Gasteiger partial charge is 0.493 e. The molecule has 0 aromatic heterocycles. The van der Waals surface area contributed by atoms with Crippen LogP contribution in [0.25, 0.3) is 0 Å². The van der Waals surface area contributed by atoms with Gasteiger partial charge in [-0.1, -0.05) is 30.3 Å². The number of rotatable bonds is 15. The predicted octanol–water partition coefficient (Wildman–Crippen LogP) is 2.91. The van der Waals surface area contributed by atoms with Crippen LogP contribution in [0.3, 0.4) is 0 Å². The number of halogens is 1. The number of aliphatic hydroxyl groups is 2. The summed E-state index contributed by atoms with van der Waals surface area (Å²) in [7, 11) is 1.44. The van der Waals surface area contributed by atoms with Crippen molar-refractivity contribution in [2.24, 2.45) is 0 Å². The summed E-state index contributed by atoms with van der Waals surface area (Å²) in [5, 5.41) is 23.6. The number of hydrogen-bond acceptors (Lipinski definition) is 8. The predicted molar refractivity (Wildman–Crippen MR) is 166 cm³/mol. The minimum atomic E-state index is -1.20. The molecule has 10 nitrogen and oxygen atoms in total. The Morgan fingerprint density at radius 3 is 2.60 bits per heavy atom. The molecule has 2 aromatic rings. The molecular formula is C31H39IN2O8. The number of hydrogen-bond donors (Lipinski definition) is 3. The number of ether oxygens (including phenoxy) is 3. The highest BCUT2D eigenvalue weighted by atomic mass is 127. The summed E-state index contributed by atoms with van der Waals surface area (Å²) >= 11 is 2.02. The second-order valence-corrected chi connectivity index (χ2v) is 11.4. The first kappa shape index (κ1) is 33.5. The van der Waals surface area contributed by atoms with Gasteiger partial charge in [-0.2, -0.15) is 0 Å². The Morgan fingerprint density at radius 1 is 1.21 bits per heavy atom. The fourth-order valence-electron chi connectivity index (χ4n) is 4.74. The molecule has 228 valence electrons. The third-order valence-corrected chi connectivity index (χ3v) is 7.57. The number of aldehydes is 1. The molecule has 3 N–H and O–H groups in total. The molecule has 1 aliphatic carbocycles. The van der Waals surface area contributed by atoms with Gasteiger partial charge in [0.2, 0.25) is 11.8 Å². The molecular weight excluding hydrogens is 655 g/mol. The lowest BCUT2D eigenvalue weighted by molar-refractivity contribution is -0.138. The van der Waals surface area contributed by atoms with E-state index in [1.165, 1.54) is 13.2 Å².